The zero-order valence-corrected chi connectivity index (χ0v) is 23.9. The van der Waals surface area contributed by atoms with Crippen molar-refractivity contribution < 1.29 is 23.9 Å². The Bertz CT molecular complexity index is 1220. The van der Waals surface area contributed by atoms with Crippen LogP contribution in [0.25, 0.3) is 0 Å². The molecule has 1 saturated heterocycles. The Labute approximate surface area is 236 Å². The number of hydrogen-bond donors (Lipinski definition) is 1. The van der Waals surface area contributed by atoms with Crippen molar-refractivity contribution in [1.82, 2.24) is 20.0 Å². The number of carbonyl (C=O) groups is 3. The van der Waals surface area contributed by atoms with Gasteiger partial charge in [0.1, 0.15) is 11.5 Å². The minimum Gasteiger partial charge on any atom is -0.463 e. The van der Waals surface area contributed by atoms with Gasteiger partial charge in [-0.2, -0.15) is 0 Å². The lowest BCUT2D eigenvalue weighted by Gasteiger charge is -2.40. The number of rotatable bonds is 10. The lowest BCUT2D eigenvalue weighted by atomic mass is 9.94. The molecule has 4 rings (SSSR count). The summed E-state index contributed by atoms with van der Waals surface area (Å²) < 4.78 is 11.5. The smallest absolute Gasteiger partial charge is 0.338 e. The van der Waals surface area contributed by atoms with Crippen molar-refractivity contribution in [3.63, 3.8) is 0 Å². The summed E-state index contributed by atoms with van der Waals surface area (Å²) in [4.78, 5) is 45.1. The first-order chi connectivity index (χ1) is 19.3. The van der Waals surface area contributed by atoms with Crippen LogP contribution >= 0.6 is 0 Å². The molecule has 1 fully saturated rings. The van der Waals surface area contributed by atoms with E-state index in [1.54, 1.807) is 11.8 Å². The average Bonchev–Trinajstić information content (AvgIpc) is 2.93. The number of urea groups is 1. The van der Waals surface area contributed by atoms with E-state index in [0.29, 0.717) is 74.4 Å². The summed E-state index contributed by atoms with van der Waals surface area (Å²) in [5.41, 5.74) is 1.77. The number of para-hydroxylation sites is 1. The Morgan fingerprint density at radius 1 is 0.975 bits per heavy atom. The molecule has 0 spiro atoms. The summed E-state index contributed by atoms with van der Waals surface area (Å²) in [6, 6.07) is 15.9. The third kappa shape index (κ3) is 7.01. The summed E-state index contributed by atoms with van der Waals surface area (Å²) in [6.07, 6.45) is 0.538. The Morgan fingerprint density at radius 3 is 2.33 bits per heavy atom. The minimum absolute atomic E-state index is 0.172. The quantitative estimate of drug-likeness (QED) is 0.438. The van der Waals surface area contributed by atoms with Gasteiger partial charge < -0.3 is 19.7 Å². The van der Waals surface area contributed by atoms with Crippen LogP contribution in [0.1, 0.15) is 45.7 Å². The molecular weight excluding hydrogens is 508 g/mol. The highest BCUT2D eigenvalue weighted by Gasteiger charge is 2.38. The molecular formula is C31H40N4O5. The number of carbonyl (C=O) groups excluding carboxylic acids is 3. The van der Waals surface area contributed by atoms with E-state index in [9.17, 15) is 14.4 Å². The second-order valence-corrected chi connectivity index (χ2v) is 10.5. The zero-order chi connectivity index (χ0) is 28.6. The van der Waals surface area contributed by atoms with Gasteiger partial charge in [0.25, 0.3) is 0 Å². The maximum atomic E-state index is 13.5. The molecule has 0 bridgehead atoms. The van der Waals surface area contributed by atoms with Crippen molar-refractivity contribution in [2.75, 3.05) is 45.9 Å². The van der Waals surface area contributed by atoms with E-state index < -0.39 is 12.0 Å². The molecule has 2 aromatic carbocycles. The first-order valence-electron chi connectivity index (χ1n) is 14.1. The van der Waals surface area contributed by atoms with Crippen LogP contribution in [0.3, 0.4) is 0 Å². The van der Waals surface area contributed by atoms with Gasteiger partial charge in [0.15, 0.2) is 0 Å². The van der Waals surface area contributed by atoms with Gasteiger partial charge in [-0.05, 0) is 49.6 Å². The average molecular weight is 549 g/mol. The molecule has 1 unspecified atom stereocenters. The van der Waals surface area contributed by atoms with Crippen LogP contribution in [-0.2, 0) is 14.3 Å². The third-order valence-electron chi connectivity index (χ3n) is 7.10. The maximum Gasteiger partial charge on any atom is 0.338 e. The molecule has 2 heterocycles. The fourth-order valence-corrected chi connectivity index (χ4v) is 5.14. The number of hydrogen-bond acceptors (Lipinski definition) is 6. The number of piperazine rings is 1. The molecule has 1 atom stereocenters. The normalized spacial score (nSPS) is 18.1. The van der Waals surface area contributed by atoms with E-state index in [1.165, 1.54) is 0 Å². The molecule has 9 nitrogen and oxygen atoms in total. The van der Waals surface area contributed by atoms with Crippen LogP contribution < -0.4 is 10.1 Å². The summed E-state index contributed by atoms with van der Waals surface area (Å²) in [7, 11) is 0. The highest BCUT2D eigenvalue weighted by molar-refractivity contribution is 5.95. The molecule has 2 aromatic rings. The molecule has 2 aliphatic rings. The number of amides is 3. The Balaban J connectivity index is 1.63. The van der Waals surface area contributed by atoms with E-state index in [1.807, 2.05) is 80.3 Å². The summed E-state index contributed by atoms with van der Waals surface area (Å²) >= 11 is 0. The predicted octanol–water partition coefficient (Wildman–Crippen LogP) is 4.57. The van der Waals surface area contributed by atoms with Crippen LogP contribution in [0, 0.1) is 5.92 Å². The van der Waals surface area contributed by atoms with Crippen LogP contribution in [0.2, 0.25) is 0 Å². The van der Waals surface area contributed by atoms with Crippen LogP contribution in [0.5, 0.6) is 11.5 Å². The standard InChI is InChI=1S/C31H40N4O5/c1-5-35-26(21-33-15-17-34(18-16-33)27(36)19-22(3)4)28(30(37)39-6-2)29(32-31(35)38)23-11-10-14-25(20-23)40-24-12-8-7-9-13-24/h7-14,20,22,29H,5-6,15-19,21H2,1-4H3,(H,32,38). The van der Waals surface area contributed by atoms with Crippen molar-refractivity contribution in [3.05, 3.63) is 71.4 Å². The largest absolute Gasteiger partial charge is 0.463 e. The maximum absolute atomic E-state index is 13.5. The first kappa shape index (κ1) is 29.1. The van der Waals surface area contributed by atoms with E-state index in [-0.39, 0.29) is 18.5 Å². The first-order valence-corrected chi connectivity index (χ1v) is 14.1. The van der Waals surface area contributed by atoms with Crippen LogP contribution in [-0.4, -0.2) is 78.5 Å². The van der Waals surface area contributed by atoms with Gasteiger partial charge in [-0.3, -0.25) is 14.6 Å². The van der Waals surface area contributed by atoms with Gasteiger partial charge in [0, 0.05) is 51.4 Å². The monoisotopic (exact) mass is 548 g/mol. The summed E-state index contributed by atoms with van der Waals surface area (Å²) in [6.45, 7) is 11.3. The van der Waals surface area contributed by atoms with Crippen LogP contribution in [0.4, 0.5) is 4.79 Å². The van der Waals surface area contributed by atoms with Crippen molar-refractivity contribution >= 4 is 17.9 Å². The van der Waals surface area contributed by atoms with Gasteiger partial charge in [0.2, 0.25) is 5.91 Å². The van der Waals surface area contributed by atoms with E-state index >= 15 is 0 Å². The topological polar surface area (TPSA) is 91.4 Å². The van der Waals surface area contributed by atoms with E-state index in [0.717, 1.165) is 5.56 Å². The molecule has 0 radical (unpaired) electrons. The zero-order valence-electron chi connectivity index (χ0n) is 23.9. The minimum atomic E-state index is -0.697. The fraction of sp³-hybridized carbons (Fsp3) is 0.452. The number of esters is 1. The number of ether oxygens (including phenoxy) is 2. The summed E-state index contributed by atoms with van der Waals surface area (Å²) in [5.74, 6) is 1.32. The van der Waals surface area contributed by atoms with Gasteiger partial charge in [-0.25, -0.2) is 9.59 Å². The van der Waals surface area contributed by atoms with Crippen molar-refractivity contribution in [1.29, 1.82) is 0 Å². The van der Waals surface area contributed by atoms with Gasteiger partial charge >= 0.3 is 12.0 Å². The number of benzene rings is 2. The molecule has 0 aliphatic carbocycles. The Hall–Kier alpha value is -3.85. The molecule has 214 valence electrons. The molecule has 0 aromatic heterocycles. The Morgan fingerprint density at radius 2 is 1.68 bits per heavy atom. The van der Waals surface area contributed by atoms with Crippen molar-refractivity contribution in [3.8, 4) is 11.5 Å². The third-order valence-corrected chi connectivity index (χ3v) is 7.10. The van der Waals surface area contributed by atoms with Gasteiger partial charge in [0.05, 0.1) is 18.2 Å². The molecule has 9 heteroatoms. The number of nitrogens with zero attached hydrogens (tertiary/aromatic N) is 3. The lowest BCUT2D eigenvalue weighted by Crippen LogP contribution is -2.53. The summed E-state index contributed by atoms with van der Waals surface area (Å²) in [5, 5.41) is 3.02. The number of nitrogens with one attached hydrogen (secondary N) is 1. The lowest BCUT2D eigenvalue weighted by molar-refractivity contribution is -0.139. The van der Waals surface area contributed by atoms with Crippen LogP contribution in [0.15, 0.2) is 65.9 Å². The van der Waals surface area contributed by atoms with Gasteiger partial charge in [-0.1, -0.05) is 44.2 Å². The molecule has 1 N–H and O–H groups in total. The van der Waals surface area contributed by atoms with E-state index in [4.69, 9.17) is 9.47 Å². The molecule has 2 aliphatic heterocycles. The molecule has 0 saturated carbocycles. The molecule has 3 amide bonds. The predicted molar refractivity (Wildman–Crippen MR) is 153 cm³/mol. The van der Waals surface area contributed by atoms with Crippen molar-refractivity contribution in [2.24, 2.45) is 5.92 Å². The van der Waals surface area contributed by atoms with E-state index in [2.05, 4.69) is 10.2 Å². The SMILES string of the molecule is CCOC(=O)C1=C(CN2CCN(C(=O)CC(C)C)CC2)N(CC)C(=O)NC1c1cccc(Oc2ccccc2)c1. The molecule has 40 heavy (non-hydrogen) atoms. The Kier molecular flexibility index (Phi) is 9.82. The second-order valence-electron chi connectivity index (χ2n) is 10.5. The highest BCUT2D eigenvalue weighted by atomic mass is 16.5. The highest BCUT2D eigenvalue weighted by Crippen LogP contribution is 2.34. The van der Waals surface area contributed by atoms with Gasteiger partial charge in [-0.15, -0.1) is 0 Å². The van der Waals surface area contributed by atoms with Crippen molar-refractivity contribution in [2.45, 2.75) is 40.2 Å². The second kappa shape index (κ2) is 13.5. The fourth-order valence-electron chi connectivity index (χ4n) is 5.14. The number of likely N-dealkylation sites (N-methyl/N-ethyl adjacent to an activating group) is 1.